The standard InChI is InChI=1S/C30H32N6OS/c1-21-19-26(22(2)36(21)25-11-9-24(10-12-25)34-15-17-37-18-16-34)29-28(27-8-4-6-14-32-27)33-30(38)35(29)20-23-7-3-5-13-31-23/h3-14,19,28-29H,15-18,20H2,1-2H3,(H,33,38)/t28-,29-/m0/s1. The van der Waals surface area contributed by atoms with E-state index in [0.717, 1.165) is 48.5 Å². The number of hydrogen-bond acceptors (Lipinski definition) is 5. The largest absolute Gasteiger partial charge is 0.378 e. The molecule has 2 atom stereocenters. The summed E-state index contributed by atoms with van der Waals surface area (Å²) in [5, 5.41) is 4.29. The summed E-state index contributed by atoms with van der Waals surface area (Å²) >= 11 is 5.89. The Bertz CT molecular complexity index is 1400. The van der Waals surface area contributed by atoms with Gasteiger partial charge in [-0.3, -0.25) is 9.97 Å². The molecule has 2 saturated heterocycles. The van der Waals surface area contributed by atoms with E-state index in [1.54, 1.807) is 0 Å². The maximum atomic E-state index is 5.89. The van der Waals surface area contributed by atoms with E-state index < -0.39 is 0 Å². The highest BCUT2D eigenvalue weighted by Gasteiger charge is 2.41. The highest BCUT2D eigenvalue weighted by atomic mass is 32.1. The number of rotatable bonds is 6. The second kappa shape index (κ2) is 10.6. The van der Waals surface area contributed by atoms with Gasteiger partial charge < -0.3 is 24.4 Å². The molecule has 0 aliphatic carbocycles. The van der Waals surface area contributed by atoms with Crippen molar-refractivity contribution in [3.05, 3.63) is 107 Å². The van der Waals surface area contributed by atoms with E-state index >= 15 is 0 Å². The second-order valence-electron chi connectivity index (χ2n) is 9.85. The van der Waals surface area contributed by atoms with Gasteiger partial charge in [0.15, 0.2) is 5.11 Å². The second-order valence-corrected chi connectivity index (χ2v) is 10.2. The SMILES string of the molecule is Cc1cc([C@H]2[C@H](c3ccccn3)NC(=S)N2Cc2ccccn2)c(C)n1-c1ccc(N2CCOCC2)cc1. The van der Waals surface area contributed by atoms with E-state index in [2.05, 4.69) is 74.9 Å². The third kappa shape index (κ3) is 4.66. The molecule has 0 radical (unpaired) electrons. The average molecular weight is 525 g/mol. The van der Waals surface area contributed by atoms with Gasteiger partial charge in [-0.25, -0.2) is 0 Å². The lowest BCUT2D eigenvalue weighted by molar-refractivity contribution is 0.122. The van der Waals surface area contributed by atoms with Gasteiger partial charge in [0.2, 0.25) is 0 Å². The van der Waals surface area contributed by atoms with E-state index in [-0.39, 0.29) is 12.1 Å². The van der Waals surface area contributed by atoms with Crippen LogP contribution in [0.4, 0.5) is 5.69 Å². The molecule has 0 spiro atoms. The molecule has 0 amide bonds. The molecule has 0 bridgehead atoms. The summed E-state index contributed by atoms with van der Waals surface area (Å²) < 4.78 is 7.86. The first-order valence-electron chi connectivity index (χ1n) is 13.1. The molecule has 4 aromatic rings. The Balaban J connectivity index is 1.38. The first kappa shape index (κ1) is 24.6. The lowest BCUT2D eigenvalue weighted by Crippen LogP contribution is -2.36. The zero-order valence-electron chi connectivity index (χ0n) is 21.7. The van der Waals surface area contributed by atoms with E-state index in [0.29, 0.717) is 6.54 Å². The monoisotopic (exact) mass is 524 g/mol. The van der Waals surface area contributed by atoms with Crippen LogP contribution in [0.3, 0.4) is 0 Å². The van der Waals surface area contributed by atoms with Gasteiger partial charge in [0.1, 0.15) is 0 Å². The normalized spacial score (nSPS) is 19.6. The van der Waals surface area contributed by atoms with E-state index in [1.807, 2.05) is 42.7 Å². The van der Waals surface area contributed by atoms with Gasteiger partial charge in [-0.05, 0) is 86.2 Å². The van der Waals surface area contributed by atoms with Crippen molar-refractivity contribution in [1.29, 1.82) is 0 Å². The summed E-state index contributed by atoms with van der Waals surface area (Å²) in [4.78, 5) is 13.9. The number of thiocarbonyl (C=S) groups is 1. The molecule has 5 heterocycles. The van der Waals surface area contributed by atoms with Gasteiger partial charge in [0, 0.05) is 48.2 Å². The molecular weight excluding hydrogens is 492 g/mol. The number of pyridine rings is 2. The van der Waals surface area contributed by atoms with Crippen molar-refractivity contribution in [3.63, 3.8) is 0 Å². The fourth-order valence-electron chi connectivity index (χ4n) is 5.70. The smallest absolute Gasteiger partial charge is 0.170 e. The Morgan fingerprint density at radius 1 is 0.921 bits per heavy atom. The van der Waals surface area contributed by atoms with Crippen molar-refractivity contribution >= 4 is 23.0 Å². The number of aryl methyl sites for hydroxylation is 1. The number of ether oxygens (including phenoxy) is 1. The molecule has 3 aromatic heterocycles. The molecule has 0 saturated carbocycles. The fraction of sp³-hybridized carbons (Fsp3) is 0.300. The van der Waals surface area contributed by atoms with Gasteiger partial charge in [-0.1, -0.05) is 12.1 Å². The quantitative estimate of drug-likeness (QED) is 0.360. The zero-order chi connectivity index (χ0) is 26.1. The molecule has 2 aliphatic heterocycles. The number of nitrogens with one attached hydrogen (secondary N) is 1. The molecule has 38 heavy (non-hydrogen) atoms. The van der Waals surface area contributed by atoms with Crippen LogP contribution in [0.2, 0.25) is 0 Å². The molecule has 194 valence electrons. The van der Waals surface area contributed by atoms with Gasteiger partial charge in [0.05, 0.1) is 43.2 Å². The van der Waals surface area contributed by atoms with Crippen molar-refractivity contribution in [2.45, 2.75) is 32.5 Å². The Kier molecular flexibility index (Phi) is 6.82. The van der Waals surface area contributed by atoms with Crippen molar-refractivity contribution in [2.24, 2.45) is 0 Å². The summed E-state index contributed by atoms with van der Waals surface area (Å²) in [7, 11) is 0. The predicted molar refractivity (Wildman–Crippen MR) is 154 cm³/mol. The highest BCUT2D eigenvalue weighted by molar-refractivity contribution is 7.80. The lowest BCUT2D eigenvalue weighted by atomic mass is 9.96. The summed E-state index contributed by atoms with van der Waals surface area (Å²) in [6.07, 6.45) is 3.68. The van der Waals surface area contributed by atoms with Crippen LogP contribution < -0.4 is 10.2 Å². The fourth-order valence-corrected chi connectivity index (χ4v) is 6.00. The number of benzene rings is 1. The Hall–Kier alpha value is -3.75. The number of hydrogen-bond donors (Lipinski definition) is 1. The Labute approximate surface area is 229 Å². The maximum absolute atomic E-state index is 5.89. The average Bonchev–Trinajstić information content (AvgIpc) is 3.44. The number of morpholine rings is 1. The first-order valence-corrected chi connectivity index (χ1v) is 13.5. The third-order valence-corrected chi connectivity index (χ3v) is 7.88. The number of nitrogens with zero attached hydrogens (tertiary/aromatic N) is 5. The van der Waals surface area contributed by atoms with Crippen LogP contribution in [-0.4, -0.2) is 50.9 Å². The van der Waals surface area contributed by atoms with Crippen LogP contribution in [0.15, 0.2) is 79.1 Å². The van der Waals surface area contributed by atoms with E-state index in [9.17, 15) is 0 Å². The van der Waals surface area contributed by atoms with Crippen molar-refractivity contribution in [3.8, 4) is 5.69 Å². The number of aromatic nitrogens is 3. The van der Waals surface area contributed by atoms with Crippen molar-refractivity contribution in [1.82, 2.24) is 24.8 Å². The molecular formula is C30H32N6OS. The van der Waals surface area contributed by atoms with Crippen molar-refractivity contribution in [2.75, 3.05) is 31.2 Å². The summed E-state index contributed by atoms with van der Waals surface area (Å²) in [6, 6.07) is 23.1. The molecule has 2 fully saturated rings. The molecule has 6 rings (SSSR count). The molecule has 8 heteroatoms. The first-order chi connectivity index (χ1) is 18.6. The van der Waals surface area contributed by atoms with Gasteiger partial charge in [0.25, 0.3) is 0 Å². The molecule has 0 unspecified atom stereocenters. The van der Waals surface area contributed by atoms with E-state index in [4.69, 9.17) is 21.9 Å². The molecule has 7 nitrogen and oxygen atoms in total. The van der Waals surface area contributed by atoms with Gasteiger partial charge in [-0.15, -0.1) is 0 Å². The topological polar surface area (TPSA) is 58.5 Å². The van der Waals surface area contributed by atoms with Gasteiger partial charge in [-0.2, -0.15) is 0 Å². The minimum absolute atomic E-state index is 0.0213. The van der Waals surface area contributed by atoms with Crippen LogP contribution in [-0.2, 0) is 11.3 Å². The highest BCUT2D eigenvalue weighted by Crippen LogP contribution is 2.42. The zero-order valence-corrected chi connectivity index (χ0v) is 22.6. The summed E-state index contributed by atoms with van der Waals surface area (Å²) in [5.41, 5.74) is 7.97. The maximum Gasteiger partial charge on any atom is 0.170 e. The van der Waals surface area contributed by atoms with Crippen LogP contribution in [0.25, 0.3) is 5.69 Å². The number of anilines is 1. The molecule has 1 N–H and O–H groups in total. The van der Waals surface area contributed by atoms with Crippen LogP contribution >= 0.6 is 12.2 Å². The third-order valence-electron chi connectivity index (χ3n) is 7.53. The Morgan fingerprint density at radius 3 is 2.32 bits per heavy atom. The lowest BCUT2D eigenvalue weighted by Gasteiger charge is -2.29. The van der Waals surface area contributed by atoms with Crippen LogP contribution in [0, 0.1) is 13.8 Å². The summed E-state index contributed by atoms with van der Waals surface area (Å²) in [6.45, 7) is 8.43. The molecule has 1 aromatic carbocycles. The minimum atomic E-state index is -0.0648. The van der Waals surface area contributed by atoms with Gasteiger partial charge >= 0.3 is 0 Å². The Morgan fingerprint density at radius 2 is 1.63 bits per heavy atom. The van der Waals surface area contributed by atoms with E-state index in [1.165, 1.54) is 22.6 Å². The minimum Gasteiger partial charge on any atom is -0.378 e. The van der Waals surface area contributed by atoms with Crippen LogP contribution in [0.1, 0.15) is 40.4 Å². The molecule has 2 aliphatic rings. The van der Waals surface area contributed by atoms with Crippen molar-refractivity contribution < 1.29 is 4.74 Å². The van der Waals surface area contributed by atoms with Crippen LogP contribution in [0.5, 0.6) is 0 Å². The predicted octanol–water partition coefficient (Wildman–Crippen LogP) is 4.89. The summed E-state index contributed by atoms with van der Waals surface area (Å²) in [5.74, 6) is 0.